The molecule has 0 spiro atoms. The molecule has 3 atom stereocenters. The number of hydrogen-bond acceptors (Lipinski definition) is 4. The van der Waals surface area contributed by atoms with Gasteiger partial charge in [-0.1, -0.05) is 19.1 Å². The molecule has 2 N–H and O–H groups in total. The highest BCUT2D eigenvalue weighted by Gasteiger charge is 2.21. The summed E-state index contributed by atoms with van der Waals surface area (Å²) in [7, 11) is 0. The molecule has 0 saturated heterocycles. The van der Waals surface area contributed by atoms with Crippen molar-refractivity contribution >= 4 is 0 Å². The van der Waals surface area contributed by atoms with E-state index in [1.165, 1.54) is 19.3 Å². The molecule has 4 heteroatoms. The average Bonchev–Trinajstić information content (AvgIpc) is 2.89. The highest BCUT2D eigenvalue weighted by atomic mass is 16.5. The Bertz CT molecular complexity index is 470. The molecule has 0 bridgehead atoms. The van der Waals surface area contributed by atoms with E-state index in [-0.39, 0.29) is 6.61 Å². The maximum atomic E-state index is 9.93. The fraction of sp³-hybridized carbons (Fsp3) is 0.562. The van der Waals surface area contributed by atoms with Crippen LogP contribution in [0.5, 0.6) is 5.75 Å². The molecule has 108 valence electrons. The van der Waals surface area contributed by atoms with Gasteiger partial charge < -0.3 is 15.2 Å². The number of nitriles is 1. The molecule has 3 unspecified atom stereocenters. The predicted molar refractivity (Wildman–Crippen MR) is 77.5 cm³/mol. The van der Waals surface area contributed by atoms with Gasteiger partial charge in [0.15, 0.2) is 0 Å². The molecule has 2 rings (SSSR count). The minimum atomic E-state index is -0.558. The van der Waals surface area contributed by atoms with Crippen LogP contribution in [-0.4, -0.2) is 30.4 Å². The Labute approximate surface area is 120 Å². The molecule has 20 heavy (non-hydrogen) atoms. The number of aliphatic hydroxyl groups is 1. The average molecular weight is 274 g/mol. The summed E-state index contributed by atoms with van der Waals surface area (Å²) in [5.41, 5.74) is 0.497. The Hall–Kier alpha value is -1.57. The molecular weight excluding hydrogens is 252 g/mol. The van der Waals surface area contributed by atoms with Gasteiger partial charge in [-0.05, 0) is 37.3 Å². The van der Waals surface area contributed by atoms with Crippen molar-refractivity contribution in [2.75, 3.05) is 13.2 Å². The standard InChI is InChI=1S/C16H22N2O2/c1-12-6-7-14(8-12)18-10-15(19)11-20-16-5-3-2-4-13(16)9-17/h2-5,12,14-15,18-19H,6-8,10-11H2,1H3. The van der Waals surface area contributed by atoms with Gasteiger partial charge in [0.25, 0.3) is 0 Å². The molecule has 1 aliphatic rings. The monoisotopic (exact) mass is 274 g/mol. The van der Waals surface area contributed by atoms with Gasteiger partial charge in [0.05, 0.1) is 5.56 Å². The number of hydrogen-bond donors (Lipinski definition) is 2. The number of para-hydroxylation sites is 1. The molecule has 0 aromatic heterocycles. The summed E-state index contributed by atoms with van der Waals surface area (Å²) in [5, 5.41) is 22.3. The van der Waals surface area contributed by atoms with Crippen LogP contribution in [0.1, 0.15) is 31.7 Å². The van der Waals surface area contributed by atoms with Crippen molar-refractivity contribution in [1.29, 1.82) is 5.26 Å². The summed E-state index contributed by atoms with van der Waals surface area (Å²) < 4.78 is 5.51. The lowest BCUT2D eigenvalue weighted by Crippen LogP contribution is -2.36. The minimum absolute atomic E-state index is 0.202. The van der Waals surface area contributed by atoms with Crippen molar-refractivity contribution < 1.29 is 9.84 Å². The number of benzene rings is 1. The maximum absolute atomic E-state index is 9.93. The minimum Gasteiger partial charge on any atom is -0.489 e. The summed E-state index contributed by atoms with van der Waals surface area (Å²) in [6, 6.07) is 9.67. The molecule has 1 aliphatic carbocycles. The van der Waals surface area contributed by atoms with Crippen molar-refractivity contribution in [3.63, 3.8) is 0 Å². The topological polar surface area (TPSA) is 65.3 Å². The van der Waals surface area contributed by atoms with Crippen molar-refractivity contribution in [3.8, 4) is 11.8 Å². The van der Waals surface area contributed by atoms with Gasteiger partial charge in [-0.2, -0.15) is 5.26 Å². The zero-order chi connectivity index (χ0) is 14.4. The summed E-state index contributed by atoms with van der Waals surface area (Å²) in [6.45, 7) is 3.00. The van der Waals surface area contributed by atoms with E-state index < -0.39 is 6.10 Å². The van der Waals surface area contributed by atoms with Gasteiger partial charge in [0.1, 0.15) is 24.5 Å². The van der Waals surface area contributed by atoms with Crippen molar-refractivity contribution in [1.82, 2.24) is 5.32 Å². The van der Waals surface area contributed by atoms with E-state index in [2.05, 4.69) is 18.3 Å². The molecule has 0 amide bonds. The predicted octanol–water partition coefficient (Wildman–Crippen LogP) is 2.08. The smallest absolute Gasteiger partial charge is 0.137 e. The SMILES string of the molecule is CC1CCC(NCC(O)COc2ccccc2C#N)C1. The van der Waals surface area contributed by atoms with Crippen LogP contribution in [0.15, 0.2) is 24.3 Å². The van der Waals surface area contributed by atoms with Crippen LogP contribution in [0.4, 0.5) is 0 Å². The second-order valence-electron chi connectivity index (χ2n) is 5.60. The normalized spacial score (nSPS) is 23.2. The van der Waals surface area contributed by atoms with Crippen molar-refractivity contribution in [3.05, 3.63) is 29.8 Å². The highest BCUT2D eigenvalue weighted by Crippen LogP contribution is 2.24. The summed E-state index contributed by atoms with van der Waals surface area (Å²) >= 11 is 0. The van der Waals surface area contributed by atoms with Gasteiger partial charge in [-0.15, -0.1) is 0 Å². The second-order valence-corrected chi connectivity index (χ2v) is 5.60. The van der Waals surface area contributed by atoms with E-state index in [4.69, 9.17) is 10.00 Å². The second kappa shape index (κ2) is 7.28. The lowest BCUT2D eigenvalue weighted by atomic mass is 10.1. The first-order chi connectivity index (χ1) is 9.69. The van der Waals surface area contributed by atoms with E-state index in [0.717, 1.165) is 5.92 Å². The third kappa shape index (κ3) is 4.22. The van der Waals surface area contributed by atoms with Crippen LogP contribution < -0.4 is 10.1 Å². The lowest BCUT2D eigenvalue weighted by Gasteiger charge is -2.17. The fourth-order valence-electron chi connectivity index (χ4n) is 2.62. The third-order valence-electron chi connectivity index (χ3n) is 3.78. The molecule has 1 fully saturated rings. The van der Waals surface area contributed by atoms with Gasteiger partial charge in [-0.25, -0.2) is 0 Å². The Morgan fingerprint density at radius 1 is 1.45 bits per heavy atom. The molecule has 0 radical (unpaired) electrons. The van der Waals surface area contributed by atoms with Crippen molar-refractivity contribution in [2.24, 2.45) is 5.92 Å². The first kappa shape index (κ1) is 14.8. The molecule has 1 aromatic carbocycles. The number of rotatable bonds is 6. The number of ether oxygens (including phenoxy) is 1. The molecule has 4 nitrogen and oxygen atoms in total. The zero-order valence-corrected chi connectivity index (χ0v) is 11.9. The van der Waals surface area contributed by atoms with Crippen LogP contribution in [0.25, 0.3) is 0 Å². The first-order valence-electron chi connectivity index (χ1n) is 7.22. The first-order valence-corrected chi connectivity index (χ1v) is 7.22. The van der Waals surface area contributed by atoms with Crippen molar-refractivity contribution in [2.45, 2.75) is 38.3 Å². The van der Waals surface area contributed by atoms with Crippen LogP contribution >= 0.6 is 0 Å². The summed E-state index contributed by atoms with van der Waals surface area (Å²) in [4.78, 5) is 0. The molecular formula is C16H22N2O2. The van der Waals surface area contributed by atoms with Crippen LogP contribution in [-0.2, 0) is 0 Å². The number of nitrogens with one attached hydrogen (secondary N) is 1. The summed E-state index contributed by atoms with van der Waals surface area (Å²) in [6.07, 6.45) is 3.08. The van der Waals surface area contributed by atoms with Crippen LogP contribution in [0.2, 0.25) is 0 Å². The van der Waals surface area contributed by atoms with Gasteiger partial charge in [0.2, 0.25) is 0 Å². The molecule has 0 heterocycles. The fourth-order valence-corrected chi connectivity index (χ4v) is 2.62. The quantitative estimate of drug-likeness (QED) is 0.833. The highest BCUT2D eigenvalue weighted by molar-refractivity contribution is 5.42. The van der Waals surface area contributed by atoms with Gasteiger partial charge >= 0.3 is 0 Å². The van der Waals surface area contributed by atoms with Crippen LogP contribution in [0, 0.1) is 17.2 Å². The van der Waals surface area contributed by atoms with E-state index in [1.807, 2.05) is 6.07 Å². The molecule has 0 aliphatic heterocycles. The van der Waals surface area contributed by atoms with E-state index in [9.17, 15) is 5.11 Å². The van der Waals surface area contributed by atoms with E-state index >= 15 is 0 Å². The Morgan fingerprint density at radius 2 is 2.25 bits per heavy atom. The molecule has 1 aromatic rings. The Balaban J connectivity index is 1.72. The largest absolute Gasteiger partial charge is 0.489 e. The van der Waals surface area contributed by atoms with Gasteiger partial charge in [-0.3, -0.25) is 0 Å². The maximum Gasteiger partial charge on any atom is 0.137 e. The third-order valence-corrected chi connectivity index (χ3v) is 3.78. The van der Waals surface area contributed by atoms with E-state index in [1.54, 1.807) is 18.2 Å². The Kier molecular flexibility index (Phi) is 5.40. The molecule has 1 saturated carbocycles. The van der Waals surface area contributed by atoms with Gasteiger partial charge in [0, 0.05) is 12.6 Å². The van der Waals surface area contributed by atoms with E-state index in [0.29, 0.717) is 23.9 Å². The zero-order valence-electron chi connectivity index (χ0n) is 11.9. The number of aliphatic hydroxyl groups excluding tert-OH is 1. The number of nitrogens with zero attached hydrogens (tertiary/aromatic N) is 1. The Morgan fingerprint density at radius 3 is 2.95 bits per heavy atom. The summed E-state index contributed by atoms with van der Waals surface area (Å²) in [5.74, 6) is 1.31. The lowest BCUT2D eigenvalue weighted by molar-refractivity contribution is 0.103. The van der Waals surface area contributed by atoms with Crippen LogP contribution in [0.3, 0.4) is 0 Å².